The van der Waals surface area contributed by atoms with Gasteiger partial charge in [-0.25, -0.2) is 0 Å². The molecule has 0 fully saturated rings. The van der Waals surface area contributed by atoms with Crippen molar-refractivity contribution in [3.63, 3.8) is 0 Å². The Bertz CT molecular complexity index is 337. The van der Waals surface area contributed by atoms with E-state index in [1.807, 2.05) is 0 Å². The van der Waals surface area contributed by atoms with E-state index in [2.05, 4.69) is 69.2 Å². The summed E-state index contributed by atoms with van der Waals surface area (Å²) in [6, 6.07) is 6.39. The Morgan fingerprint density at radius 1 is 1.12 bits per heavy atom. The standard InChI is InChI=1S/C14H21Br2N/c1-11(2)5-3-4-8-17-10-12-6-7-13(15)14(16)9-12/h6-7,9,11,17H,3-5,8,10H2,1-2H3. The van der Waals surface area contributed by atoms with E-state index in [9.17, 15) is 0 Å². The zero-order valence-electron chi connectivity index (χ0n) is 10.6. The Morgan fingerprint density at radius 3 is 2.53 bits per heavy atom. The van der Waals surface area contributed by atoms with Gasteiger partial charge in [0.2, 0.25) is 0 Å². The maximum absolute atomic E-state index is 3.52. The van der Waals surface area contributed by atoms with E-state index in [1.165, 1.54) is 24.8 Å². The largest absolute Gasteiger partial charge is 0.313 e. The number of hydrogen-bond donors (Lipinski definition) is 1. The Kier molecular flexibility index (Phi) is 7.40. The molecule has 0 atom stereocenters. The van der Waals surface area contributed by atoms with E-state index in [1.54, 1.807) is 0 Å². The third-order valence-corrected chi connectivity index (χ3v) is 4.58. The minimum atomic E-state index is 0.831. The van der Waals surface area contributed by atoms with Gasteiger partial charge in [-0.2, -0.15) is 0 Å². The van der Waals surface area contributed by atoms with Crippen molar-refractivity contribution < 1.29 is 0 Å². The van der Waals surface area contributed by atoms with Crippen LogP contribution >= 0.6 is 31.9 Å². The molecule has 0 aromatic heterocycles. The van der Waals surface area contributed by atoms with Gasteiger partial charge in [-0.1, -0.05) is 32.8 Å². The first kappa shape index (κ1) is 15.2. The third-order valence-electron chi connectivity index (χ3n) is 2.70. The van der Waals surface area contributed by atoms with Gasteiger partial charge in [-0.15, -0.1) is 0 Å². The number of halogens is 2. The van der Waals surface area contributed by atoms with Gasteiger partial charge < -0.3 is 5.32 Å². The van der Waals surface area contributed by atoms with Crippen molar-refractivity contribution in [2.75, 3.05) is 6.54 Å². The summed E-state index contributed by atoms with van der Waals surface area (Å²) in [4.78, 5) is 0. The topological polar surface area (TPSA) is 12.0 Å². The average Bonchev–Trinajstić information content (AvgIpc) is 2.27. The number of rotatable bonds is 7. The average molecular weight is 363 g/mol. The number of benzene rings is 1. The second kappa shape index (κ2) is 8.28. The van der Waals surface area contributed by atoms with E-state index in [0.717, 1.165) is 28.0 Å². The summed E-state index contributed by atoms with van der Waals surface area (Å²) in [5.41, 5.74) is 1.32. The molecule has 0 aliphatic carbocycles. The van der Waals surface area contributed by atoms with Crippen molar-refractivity contribution in [1.82, 2.24) is 5.32 Å². The minimum Gasteiger partial charge on any atom is -0.313 e. The van der Waals surface area contributed by atoms with Crippen LogP contribution in [-0.2, 0) is 6.54 Å². The summed E-state index contributed by atoms with van der Waals surface area (Å²) in [5, 5.41) is 3.49. The molecule has 1 rings (SSSR count). The van der Waals surface area contributed by atoms with Crippen molar-refractivity contribution in [1.29, 1.82) is 0 Å². The molecule has 0 aliphatic rings. The molecule has 0 saturated carbocycles. The van der Waals surface area contributed by atoms with E-state index in [-0.39, 0.29) is 0 Å². The van der Waals surface area contributed by atoms with Gasteiger partial charge in [0.25, 0.3) is 0 Å². The Balaban J connectivity index is 2.16. The quantitative estimate of drug-likeness (QED) is 0.663. The number of nitrogens with one attached hydrogen (secondary N) is 1. The molecule has 0 aliphatic heterocycles. The van der Waals surface area contributed by atoms with Crippen molar-refractivity contribution in [2.45, 2.75) is 39.7 Å². The smallest absolute Gasteiger partial charge is 0.0320 e. The molecule has 1 nitrogen and oxygen atoms in total. The number of hydrogen-bond acceptors (Lipinski definition) is 1. The molecule has 17 heavy (non-hydrogen) atoms. The van der Waals surface area contributed by atoms with Crippen LogP contribution in [0.3, 0.4) is 0 Å². The summed E-state index contributed by atoms with van der Waals surface area (Å²) in [6.07, 6.45) is 3.94. The molecule has 0 saturated heterocycles. The molecule has 0 radical (unpaired) electrons. The van der Waals surface area contributed by atoms with Crippen molar-refractivity contribution in [2.24, 2.45) is 5.92 Å². The lowest BCUT2D eigenvalue weighted by Crippen LogP contribution is -2.14. The molecule has 96 valence electrons. The molecule has 0 heterocycles. The second-order valence-electron chi connectivity index (χ2n) is 4.81. The summed E-state index contributed by atoms with van der Waals surface area (Å²) < 4.78 is 2.23. The third kappa shape index (κ3) is 6.58. The molecular weight excluding hydrogens is 342 g/mol. The zero-order chi connectivity index (χ0) is 12.7. The van der Waals surface area contributed by atoms with Crippen LogP contribution in [0.1, 0.15) is 38.7 Å². The van der Waals surface area contributed by atoms with Gasteiger partial charge in [0.1, 0.15) is 0 Å². The summed E-state index contributed by atoms with van der Waals surface area (Å²) >= 11 is 7.00. The lowest BCUT2D eigenvalue weighted by atomic mass is 10.1. The van der Waals surface area contributed by atoms with Crippen LogP contribution in [-0.4, -0.2) is 6.54 Å². The van der Waals surface area contributed by atoms with Gasteiger partial charge in [-0.05, 0) is 68.4 Å². The Labute approximate surface area is 122 Å². The van der Waals surface area contributed by atoms with E-state index in [4.69, 9.17) is 0 Å². The highest BCUT2D eigenvalue weighted by molar-refractivity contribution is 9.13. The molecule has 0 spiro atoms. The molecular formula is C14H21Br2N. The fourth-order valence-electron chi connectivity index (χ4n) is 1.68. The molecule has 1 N–H and O–H groups in total. The predicted octanol–water partition coefficient (Wildman–Crippen LogP) is 5.13. The molecule has 1 aromatic rings. The fourth-order valence-corrected chi connectivity index (χ4v) is 2.36. The van der Waals surface area contributed by atoms with Gasteiger partial charge in [0, 0.05) is 15.5 Å². The predicted molar refractivity (Wildman–Crippen MR) is 82.2 cm³/mol. The van der Waals surface area contributed by atoms with Crippen LogP contribution in [0, 0.1) is 5.92 Å². The molecule has 0 amide bonds. The first-order valence-electron chi connectivity index (χ1n) is 6.24. The highest BCUT2D eigenvalue weighted by Crippen LogP contribution is 2.23. The molecule has 1 aromatic carbocycles. The maximum atomic E-state index is 3.52. The normalized spacial score (nSPS) is 11.1. The van der Waals surface area contributed by atoms with Crippen LogP contribution in [0.5, 0.6) is 0 Å². The maximum Gasteiger partial charge on any atom is 0.0320 e. The van der Waals surface area contributed by atoms with Crippen molar-refractivity contribution in [3.8, 4) is 0 Å². The SMILES string of the molecule is CC(C)CCCCNCc1ccc(Br)c(Br)c1. The van der Waals surface area contributed by atoms with Crippen LogP contribution in [0.2, 0.25) is 0 Å². The van der Waals surface area contributed by atoms with Gasteiger partial charge in [-0.3, -0.25) is 0 Å². The molecule has 0 bridgehead atoms. The first-order chi connectivity index (χ1) is 8.09. The highest BCUT2D eigenvalue weighted by Gasteiger charge is 1.98. The van der Waals surface area contributed by atoms with Crippen LogP contribution in [0.15, 0.2) is 27.1 Å². The Hall–Kier alpha value is 0.140. The lowest BCUT2D eigenvalue weighted by molar-refractivity contribution is 0.520. The second-order valence-corrected chi connectivity index (χ2v) is 6.52. The van der Waals surface area contributed by atoms with Crippen molar-refractivity contribution >= 4 is 31.9 Å². The zero-order valence-corrected chi connectivity index (χ0v) is 13.8. The summed E-state index contributed by atoms with van der Waals surface area (Å²) in [5.74, 6) is 0.831. The molecule has 0 unspecified atom stereocenters. The van der Waals surface area contributed by atoms with Crippen LogP contribution in [0.4, 0.5) is 0 Å². The monoisotopic (exact) mass is 361 g/mol. The Morgan fingerprint density at radius 2 is 1.88 bits per heavy atom. The van der Waals surface area contributed by atoms with Crippen LogP contribution in [0.25, 0.3) is 0 Å². The van der Waals surface area contributed by atoms with Gasteiger partial charge in [0.15, 0.2) is 0 Å². The number of unbranched alkanes of at least 4 members (excludes halogenated alkanes) is 1. The van der Waals surface area contributed by atoms with E-state index in [0.29, 0.717) is 0 Å². The van der Waals surface area contributed by atoms with Gasteiger partial charge in [0.05, 0.1) is 0 Å². The van der Waals surface area contributed by atoms with Gasteiger partial charge >= 0.3 is 0 Å². The lowest BCUT2D eigenvalue weighted by Gasteiger charge is -2.07. The summed E-state index contributed by atoms with van der Waals surface area (Å²) in [6.45, 7) is 6.63. The summed E-state index contributed by atoms with van der Waals surface area (Å²) in [7, 11) is 0. The minimum absolute atomic E-state index is 0.831. The highest BCUT2D eigenvalue weighted by atomic mass is 79.9. The first-order valence-corrected chi connectivity index (χ1v) is 7.83. The van der Waals surface area contributed by atoms with Crippen molar-refractivity contribution in [3.05, 3.63) is 32.7 Å². The van der Waals surface area contributed by atoms with E-state index >= 15 is 0 Å². The van der Waals surface area contributed by atoms with Crippen LogP contribution < -0.4 is 5.32 Å². The fraction of sp³-hybridized carbons (Fsp3) is 0.571. The molecule has 3 heteroatoms. The van der Waals surface area contributed by atoms with E-state index < -0.39 is 0 Å².